The average Bonchev–Trinajstić information content (AvgIpc) is 2.59. The van der Waals surface area contributed by atoms with Crippen LogP contribution in [0.4, 0.5) is 0 Å². The fourth-order valence-corrected chi connectivity index (χ4v) is 3.10. The maximum absolute atomic E-state index is 5.55. The second kappa shape index (κ2) is 7.34. The molecule has 0 spiro atoms. The van der Waals surface area contributed by atoms with Crippen molar-refractivity contribution in [1.29, 1.82) is 0 Å². The fourth-order valence-electron chi connectivity index (χ4n) is 3.10. The minimum Gasteiger partial charge on any atom is -0.381 e. The van der Waals surface area contributed by atoms with Crippen LogP contribution in [0.15, 0.2) is 0 Å². The molecule has 17 heavy (non-hydrogen) atoms. The molecule has 2 fully saturated rings. The lowest BCUT2D eigenvalue weighted by molar-refractivity contribution is 0.0409. The number of nitrogens with one attached hydrogen (secondary N) is 1. The van der Waals surface area contributed by atoms with E-state index < -0.39 is 0 Å². The van der Waals surface area contributed by atoms with Gasteiger partial charge in [-0.25, -0.2) is 0 Å². The Hall–Kier alpha value is -0.120. The molecule has 0 aromatic carbocycles. The third-order valence-corrected chi connectivity index (χ3v) is 4.02. The first-order valence-corrected chi connectivity index (χ1v) is 7.34. The Kier molecular flexibility index (Phi) is 5.75. The first-order valence-electron chi connectivity index (χ1n) is 7.34. The third-order valence-electron chi connectivity index (χ3n) is 4.02. The molecule has 0 radical (unpaired) electrons. The Balaban J connectivity index is 1.66. The summed E-state index contributed by atoms with van der Waals surface area (Å²) in [7, 11) is 2.27. The maximum atomic E-state index is 5.55. The third kappa shape index (κ3) is 4.94. The Morgan fingerprint density at radius 1 is 1.12 bits per heavy atom. The molecule has 1 N–H and O–H groups in total. The van der Waals surface area contributed by atoms with Crippen molar-refractivity contribution in [3.63, 3.8) is 0 Å². The van der Waals surface area contributed by atoms with Crippen molar-refractivity contribution in [2.24, 2.45) is 5.92 Å². The first-order chi connectivity index (χ1) is 8.34. The first kappa shape index (κ1) is 13.3. The van der Waals surface area contributed by atoms with Crippen LogP contribution in [0.2, 0.25) is 0 Å². The number of hydrogen-bond donors (Lipinski definition) is 1. The van der Waals surface area contributed by atoms with Gasteiger partial charge in [0.2, 0.25) is 0 Å². The molecule has 0 aromatic rings. The standard InChI is InChI=1S/C14H28N2O/c1-16(10-13-6-5-9-17-12-13)11-14-7-3-2-4-8-15-14/h13-15H,2-12H2,1H3. The van der Waals surface area contributed by atoms with Gasteiger partial charge in [0.15, 0.2) is 0 Å². The molecule has 100 valence electrons. The molecular formula is C14H28N2O. The van der Waals surface area contributed by atoms with Gasteiger partial charge in [0.1, 0.15) is 0 Å². The molecule has 2 saturated heterocycles. The normalized spacial score (nSPS) is 31.4. The summed E-state index contributed by atoms with van der Waals surface area (Å²) < 4.78 is 5.55. The number of ether oxygens (including phenoxy) is 1. The minimum absolute atomic E-state index is 0.715. The zero-order valence-electron chi connectivity index (χ0n) is 11.3. The van der Waals surface area contributed by atoms with Gasteiger partial charge in [-0.1, -0.05) is 12.8 Å². The Morgan fingerprint density at radius 2 is 2.06 bits per heavy atom. The zero-order valence-corrected chi connectivity index (χ0v) is 11.3. The SMILES string of the molecule is CN(CC1CCCOC1)CC1CCCCCN1. The second-order valence-electron chi connectivity index (χ2n) is 5.80. The number of likely N-dealkylation sites (N-methyl/N-ethyl adjacent to an activating group) is 1. The van der Waals surface area contributed by atoms with Gasteiger partial charge < -0.3 is 15.0 Å². The molecule has 2 heterocycles. The summed E-state index contributed by atoms with van der Waals surface area (Å²) >= 11 is 0. The van der Waals surface area contributed by atoms with E-state index in [0.29, 0.717) is 6.04 Å². The molecule has 0 saturated carbocycles. The molecule has 2 unspecified atom stereocenters. The van der Waals surface area contributed by atoms with E-state index in [2.05, 4.69) is 17.3 Å². The number of nitrogens with zero attached hydrogens (tertiary/aromatic N) is 1. The molecule has 0 aliphatic carbocycles. The average molecular weight is 240 g/mol. The molecule has 0 bridgehead atoms. The van der Waals surface area contributed by atoms with E-state index in [9.17, 15) is 0 Å². The Bertz CT molecular complexity index is 196. The highest BCUT2D eigenvalue weighted by atomic mass is 16.5. The summed E-state index contributed by atoms with van der Waals surface area (Å²) in [6.07, 6.45) is 8.12. The molecule has 2 aliphatic heterocycles. The van der Waals surface area contributed by atoms with Crippen LogP contribution in [0.25, 0.3) is 0 Å². The van der Waals surface area contributed by atoms with E-state index in [1.54, 1.807) is 0 Å². The van der Waals surface area contributed by atoms with Crippen LogP contribution in [-0.2, 0) is 4.74 Å². The molecule has 2 rings (SSSR count). The summed E-state index contributed by atoms with van der Waals surface area (Å²) in [6.45, 7) is 5.58. The molecular weight excluding hydrogens is 212 g/mol. The van der Waals surface area contributed by atoms with E-state index >= 15 is 0 Å². The van der Waals surface area contributed by atoms with E-state index in [4.69, 9.17) is 4.74 Å². The van der Waals surface area contributed by atoms with Crippen molar-refractivity contribution in [2.75, 3.05) is 39.9 Å². The van der Waals surface area contributed by atoms with Crippen molar-refractivity contribution in [3.8, 4) is 0 Å². The van der Waals surface area contributed by atoms with E-state index in [1.807, 2.05) is 0 Å². The van der Waals surface area contributed by atoms with Gasteiger partial charge in [-0.2, -0.15) is 0 Å². The zero-order chi connectivity index (χ0) is 11.9. The topological polar surface area (TPSA) is 24.5 Å². The van der Waals surface area contributed by atoms with Crippen LogP contribution in [0.5, 0.6) is 0 Å². The molecule has 2 atom stereocenters. The molecule has 2 aliphatic rings. The lowest BCUT2D eigenvalue weighted by Gasteiger charge is -2.29. The van der Waals surface area contributed by atoms with Gasteiger partial charge in [0.25, 0.3) is 0 Å². The van der Waals surface area contributed by atoms with E-state index in [1.165, 1.54) is 58.2 Å². The fraction of sp³-hybridized carbons (Fsp3) is 1.00. The molecule has 0 amide bonds. The number of rotatable bonds is 4. The van der Waals surface area contributed by atoms with Crippen molar-refractivity contribution < 1.29 is 4.74 Å². The summed E-state index contributed by atoms with van der Waals surface area (Å²) in [5.74, 6) is 0.763. The lowest BCUT2D eigenvalue weighted by Crippen LogP contribution is -2.41. The smallest absolute Gasteiger partial charge is 0.0506 e. The van der Waals surface area contributed by atoms with Gasteiger partial charge in [-0.3, -0.25) is 0 Å². The number of hydrogen-bond acceptors (Lipinski definition) is 3. The quantitative estimate of drug-likeness (QED) is 0.812. The van der Waals surface area contributed by atoms with E-state index in [0.717, 1.165) is 19.1 Å². The van der Waals surface area contributed by atoms with E-state index in [-0.39, 0.29) is 0 Å². The summed E-state index contributed by atoms with van der Waals surface area (Å²) in [4.78, 5) is 2.50. The van der Waals surface area contributed by atoms with Crippen LogP contribution < -0.4 is 5.32 Å². The van der Waals surface area contributed by atoms with Crippen LogP contribution in [0, 0.1) is 5.92 Å². The molecule has 0 aromatic heterocycles. The predicted molar refractivity (Wildman–Crippen MR) is 71.3 cm³/mol. The van der Waals surface area contributed by atoms with Crippen molar-refractivity contribution in [3.05, 3.63) is 0 Å². The van der Waals surface area contributed by atoms with Crippen LogP contribution in [-0.4, -0.2) is 50.8 Å². The summed E-state index contributed by atoms with van der Waals surface area (Å²) in [5, 5.41) is 3.68. The van der Waals surface area contributed by atoms with Gasteiger partial charge in [-0.15, -0.1) is 0 Å². The van der Waals surface area contributed by atoms with Gasteiger partial charge >= 0.3 is 0 Å². The van der Waals surface area contributed by atoms with Gasteiger partial charge in [0.05, 0.1) is 6.61 Å². The van der Waals surface area contributed by atoms with Crippen LogP contribution in [0.3, 0.4) is 0 Å². The van der Waals surface area contributed by atoms with Crippen molar-refractivity contribution in [2.45, 2.75) is 44.6 Å². The highest BCUT2D eigenvalue weighted by molar-refractivity contribution is 4.75. The Labute approximate surface area is 106 Å². The lowest BCUT2D eigenvalue weighted by atomic mass is 10.0. The molecule has 3 nitrogen and oxygen atoms in total. The summed E-state index contributed by atoms with van der Waals surface area (Å²) in [5.41, 5.74) is 0. The maximum Gasteiger partial charge on any atom is 0.0506 e. The highest BCUT2D eigenvalue weighted by Gasteiger charge is 2.18. The monoisotopic (exact) mass is 240 g/mol. The highest BCUT2D eigenvalue weighted by Crippen LogP contribution is 2.15. The second-order valence-corrected chi connectivity index (χ2v) is 5.80. The largest absolute Gasteiger partial charge is 0.381 e. The summed E-state index contributed by atoms with van der Waals surface area (Å²) in [6, 6.07) is 0.715. The Morgan fingerprint density at radius 3 is 2.88 bits per heavy atom. The predicted octanol–water partition coefficient (Wildman–Crippen LogP) is 1.88. The van der Waals surface area contributed by atoms with Crippen molar-refractivity contribution in [1.82, 2.24) is 10.2 Å². The van der Waals surface area contributed by atoms with Crippen molar-refractivity contribution >= 4 is 0 Å². The molecule has 3 heteroatoms. The van der Waals surface area contributed by atoms with Gasteiger partial charge in [-0.05, 0) is 45.2 Å². The van der Waals surface area contributed by atoms with Crippen LogP contribution in [0.1, 0.15) is 38.5 Å². The van der Waals surface area contributed by atoms with Crippen LogP contribution >= 0.6 is 0 Å². The van der Waals surface area contributed by atoms with Gasteiger partial charge in [0, 0.05) is 25.7 Å². The minimum atomic E-state index is 0.715.